The summed E-state index contributed by atoms with van der Waals surface area (Å²) in [7, 11) is 1.98. The molecule has 0 atom stereocenters. The third kappa shape index (κ3) is 3.33. The minimum atomic E-state index is 0.0837. The van der Waals surface area contributed by atoms with Gasteiger partial charge < -0.3 is 10.2 Å². The van der Waals surface area contributed by atoms with E-state index in [0.717, 1.165) is 41.8 Å². The number of halogens is 1. The number of nitrogens with zero attached hydrogens (tertiary/aromatic N) is 3. The first-order valence-corrected chi connectivity index (χ1v) is 8.66. The van der Waals surface area contributed by atoms with Crippen LogP contribution >= 0.6 is 15.9 Å². The van der Waals surface area contributed by atoms with Crippen molar-refractivity contribution in [3.05, 3.63) is 46.2 Å². The summed E-state index contributed by atoms with van der Waals surface area (Å²) in [6.07, 6.45) is 3.69. The second-order valence-electron chi connectivity index (χ2n) is 5.89. The molecule has 1 aromatic heterocycles. The third-order valence-corrected chi connectivity index (χ3v) is 5.03. The summed E-state index contributed by atoms with van der Waals surface area (Å²) < 4.78 is 2.84. The molecule has 23 heavy (non-hydrogen) atoms. The molecule has 0 saturated carbocycles. The van der Waals surface area contributed by atoms with E-state index in [-0.39, 0.29) is 5.91 Å². The average molecular weight is 377 g/mol. The van der Waals surface area contributed by atoms with E-state index in [1.54, 1.807) is 6.20 Å². The van der Waals surface area contributed by atoms with Crippen LogP contribution in [0.1, 0.15) is 28.9 Å². The van der Waals surface area contributed by atoms with Crippen LogP contribution in [0.25, 0.3) is 5.69 Å². The minimum Gasteiger partial charge on any atom is -0.338 e. The highest BCUT2D eigenvalue weighted by Gasteiger charge is 2.25. The molecule has 1 aromatic carbocycles. The Morgan fingerprint density at radius 3 is 2.52 bits per heavy atom. The minimum absolute atomic E-state index is 0.0837. The van der Waals surface area contributed by atoms with Crippen LogP contribution in [0.4, 0.5) is 0 Å². The number of hydrogen-bond donors (Lipinski definition) is 1. The number of nitrogens with one attached hydrogen (secondary N) is 1. The van der Waals surface area contributed by atoms with Gasteiger partial charge in [0.25, 0.3) is 5.91 Å². The van der Waals surface area contributed by atoms with Crippen LogP contribution in [0.15, 0.2) is 34.9 Å². The molecular weight excluding hydrogens is 356 g/mol. The molecule has 0 radical (unpaired) electrons. The number of benzene rings is 1. The van der Waals surface area contributed by atoms with Crippen molar-refractivity contribution in [3.63, 3.8) is 0 Å². The van der Waals surface area contributed by atoms with Crippen LogP contribution in [0.2, 0.25) is 0 Å². The van der Waals surface area contributed by atoms with Gasteiger partial charge in [-0.25, -0.2) is 4.68 Å². The fourth-order valence-electron chi connectivity index (χ4n) is 3.00. The molecule has 6 heteroatoms. The van der Waals surface area contributed by atoms with Gasteiger partial charge in [0.15, 0.2) is 0 Å². The first kappa shape index (κ1) is 16.2. The average Bonchev–Trinajstić information content (AvgIpc) is 2.96. The zero-order chi connectivity index (χ0) is 16.4. The molecular formula is C17H21BrN4O. The fourth-order valence-corrected chi connectivity index (χ4v) is 3.27. The first-order valence-electron chi connectivity index (χ1n) is 7.87. The Morgan fingerprint density at radius 1 is 1.26 bits per heavy atom. The van der Waals surface area contributed by atoms with Crippen LogP contribution in [0.3, 0.4) is 0 Å². The molecule has 2 heterocycles. The van der Waals surface area contributed by atoms with E-state index in [0.29, 0.717) is 11.6 Å². The first-order chi connectivity index (χ1) is 11.1. The van der Waals surface area contributed by atoms with E-state index in [4.69, 9.17) is 0 Å². The molecule has 1 fully saturated rings. The van der Waals surface area contributed by atoms with Crippen molar-refractivity contribution in [2.24, 2.45) is 0 Å². The molecule has 3 rings (SSSR count). The van der Waals surface area contributed by atoms with Gasteiger partial charge in [-0.3, -0.25) is 4.79 Å². The summed E-state index contributed by atoms with van der Waals surface area (Å²) in [6, 6.07) is 8.43. The molecule has 1 aliphatic heterocycles. The van der Waals surface area contributed by atoms with Crippen LogP contribution in [-0.2, 0) is 0 Å². The van der Waals surface area contributed by atoms with Crippen LogP contribution in [0, 0.1) is 6.92 Å². The van der Waals surface area contributed by atoms with Gasteiger partial charge in [0, 0.05) is 23.6 Å². The van der Waals surface area contributed by atoms with Crippen molar-refractivity contribution in [1.82, 2.24) is 20.0 Å². The predicted octanol–water partition coefficient (Wildman–Crippen LogP) is 2.77. The Kier molecular flexibility index (Phi) is 4.82. The fraction of sp³-hybridized carbons (Fsp3) is 0.412. The van der Waals surface area contributed by atoms with Gasteiger partial charge in [-0.2, -0.15) is 5.10 Å². The maximum absolute atomic E-state index is 12.8. The van der Waals surface area contributed by atoms with Crippen molar-refractivity contribution >= 4 is 21.8 Å². The Hall–Kier alpha value is -1.66. The Bertz CT molecular complexity index is 687. The smallest absolute Gasteiger partial charge is 0.257 e. The zero-order valence-electron chi connectivity index (χ0n) is 13.4. The maximum Gasteiger partial charge on any atom is 0.257 e. The van der Waals surface area contributed by atoms with Crippen molar-refractivity contribution in [1.29, 1.82) is 0 Å². The number of likely N-dealkylation sites (tertiary alicyclic amines) is 1. The lowest BCUT2D eigenvalue weighted by molar-refractivity contribution is 0.0706. The van der Waals surface area contributed by atoms with Gasteiger partial charge in [-0.1, -0.05) is 15.9 Å². The number of piperidine rings is 1. The van der Waals surface area contributed by atoms with Gasteiger partial charge in [-0.05, 0) is 51.1 Å². The largest absolute Gasteiger partial charge is 0.338 e. The van der Waals surface area contributed by atoms with Crippen LogP contribution in [0.5, 0.6) is 0 Å². The standard InChI is InChI=1S/C17H21BrN4O/c1-12-16(17(23)21-9-7-14(19-2)8-10-21)11-20-22(12)15-5-3-13(18)4-6-15/h3-6,11,14,19H,7-10H2,1-2H3. The van der Waals surface area contributed by atoms with E-state index in [2.05, 4.69) is 26.3 Å². The predicted molar refractivity (Wildman–Crippen MR) is 94.0 cm³/mol. The molecule has 1 N–H and O–H groups in total. The number of carbonyl (C=O) groups excluding carboxylic acids is 1. The molecule has 0 unspecified atom stereocenters. The highest BCUT2D eigenvalue weighted by molar-refractivity contribution is 9.10. The third-order valence-electron chi connectivity index (χ3n) is 4.50. The van der Waals surface area contributed by atoms with Crippen LogP contribution < -0.4 is 5.32 Å². The SMILES string of the molecule is CNC1CCN(C(=O)c2cnn(-c3ccc(Br)cc3)c2C)CC1. The lowest BCUT2D eigenvalue weighted by Gasteiger charge is -2.31. The Balaban J connectivity index is 1.79. The van der Waals surface area contributed by atoms with Gasteiger partial charge in [0.1, 0.15) is 0 Å². The monoisotopic (exact) mass is 376 g/mol. The van der Waals surface area contributed by atoms with E-state index in [1.165, 1.54) is 0 Å². The molecule has 2 aromatic rings. The summed E-state index contributed by atoms with van der Waals surface area (Å²) in [5.74, 6) is 0.0837. The normalized spacial score (nSPS) is 15.9. The Morgan fingerprint density at radius 2 is 1.91 bits per heavy atom. The molecule has 122 valence electrons. The highest BCUT2D eigenvalue weighted by Crippen LogP contribution is 2.20. The number of aromatic nitrogens is 2. The Labute approximate surface area is 144 Å². The second-order valence-corrected chi connectivity index (χ2v) is 6.80. The molecule has 0 spiro atoms. The molecule has 1 aliphatic rings. The zero-order valence-corrected chi connectivity index (χ0v) is 15.0. The van der Waals surface area contributed by atoms with E-state index >= 15 is 0 Å². The summed E-state index contributed by atoms with van der Waals surface area (Å²) in [5, 5.41) is 7.69. The quantitative estimate of drug-likeness (QED) is 0.895. The lowest BCUT2D eigenvalue weighted by Crippen LogP contribution is -2.44. The second kappa shape index (κ2) is 6.84. The number of amides is 1. The van der Waals surface area contributed by atoms with Crippen molar-refractivity contribution in [2.75, 3.05) is 20.1 Å². The summed E-state index contributed by atoms with van der Waals surface area (Å²) in [6.45, 7) is 3.54. The summed E-state index contributed by atoms with van der Waals surface area (Å²) in [4.78, 5) is 14.7. The van der Waals surface area contributed by atoms with Gasteiger partial charge in [0.05, 0.1) is 23.1 Å². The van der Waals surface area contributed by atoms with Gasteiger partial charge in [0.2, 0.25) is 0 Å². The molecule has 0 bridgehead atoms. The molecule has 1 amide bonds. The maximum atomic E-state index is 12.8. The number of rotatable bonds is 3. The van der Waals surface area contributed by atoms with Crippen molar-refractivity contribution < 1.29 is 4.79 Å². The van der Waals surface area contributed by atoms with Gasteiger partial charge >= 0.3 is 0 Å². The topological polar surface area (TPSA) is 50.2 Å². The van der Waals surface area contributed by atoms with E-state index < -0.39 is 0 Å². The number of carbonyl (C=O) groups is 1. The van der Waals surface area contributed by atoms with Crippen molar-refractivity contribution in [2.45, 2.75) is 25.8 Å². The summed E-state index contributed by atoms with van der Waals surface area (Å²) in [5.41, 5.74) is 2.53. The molecule has 1 saturated heterocycles. The number of hydrogen-bond acceptors (Lipinski definition) is 3. The molecule has 0 aliphatic carbocycles. The highest BCUT2D eigenvalue weighted by atomic mass is 79.9. The van der Waals surface area contributed by atoms with Crippen molar-refractivity contribution in [3.8, 4) is 5.69 Å². The lowest BCUT2D eigenvalue weighted by atomic mass is 10.0. The van der Waals surface area contributed by atoms with E-state index in [9.17, 15) is 4.79 Å². The molecule has 5 nitrogen and oxygen atoms in total. The van der Waals surface area contributed by atoms with Crippen LogP contribution in [-0.4, -0.2) is 46.8 Å². The van der Waals surface area contributed by atoms with Gasteiger partial charge in [-0.15, -0.1) is 0 Å². The summed E-state index contributed by atoms with van der Waals surface area (Å²) >= 11 is 3.43. The van der Waals surface area contributed by atoms with E-state index in [1.807, 2.05) is 47.8 Å².